The van der Waals surface area contributed by atoms with Crippen molar-refractivity contribution in [2.75, 3.05) is 6.61 Å². The molecular formula is C13H13F3N2OS. The summed E-state index contributed by atoms with van der Waals surface area (Å²) >= 11 is 1.28. The van der Waals surface area contributed by atoms with Gasteiger partial charge in [0.2, 0.25) is 0 Å². The fourth-order valence-electron chi connectivity index (χ4n) is 1.68. The van der Waals surface area contributed by atoms with Crippen molar-refractivity contribution in [1.29, 1.82) is 0 Å². The Balaban J connectivity index is 2.11. The standard InChI is InChI=1S/C13H13F3N2OS/c14-13(15,16)8-19-7-11-18-12(10(6-17)20-11)9-4-2-1-3-5-9/h1-5H,6-8,17H2. The number of thiazole rings is 1. The monoisotopic (exact) mass is 302 g/mol. The molecule has 0 atom stereocenters. The topological polar surface area (TPSA) is 48.1 Å². The molecule has 2 aromatic rings. The fraction of sp³-hybridized carbons (Fsp3) is 0.308. The van der Waals surface area contributed by atoms with E-state index in [4.69, 9.17) is 5.73 Å². The highest BCUT2D eigenvalue weighted by Gasteiger charge is 2.27. The van der Waals surface area contributed by atoms with Gasteiger partial charge in [-0.3, -0.25) is 0 Å². The summed E-state index contributed by atoms with van der Waals surface area (Å²) in [6, 6.07) is 9.39. The number of hydrogen-bond acceptors (Lipinski definition) is 4. The molecule has 0 aliphatic rings. The zero-order valence-corrected chi connectivity index (χ0v) is 11.3. The lowest BCUT2D eigenvalue weighted by molar-refractivity contribution is -0.176. The molecule has 0 saturated heterocycles. The lowest BCUT2D eigenvalue weighted by atomic mass is 10.1. The van der Waals surface area contributed by atoms with Gasteiger partial charge in [-0.2, -0.15) is 13.2 Å². The summed E-state index contributed by atoms with van der Waals surface area (Å²) < 4.78 is 40.7. The summed E-state index contributed by atoms with van der Waals surface area (Å²) in [6.07, 6.45) is -4.32. The summed E-state index contributed by atoms with van der Waals surface area (Å²) in [4.78, 5) is 5.15. The van der Waals surface area contributed by atoms with E-state index in [9.17, 15) is 13.2 Å². The van der Waals surface area contributed by atoms with Crippen molar-refractivity contribution >= 4 is 11.3 Å². The normalized spacial score (nSPS) is 11.8. The average Bonchev–Trinajstić information content (AvgIpc) is 2.81. The van der Waals surface area contributed by atoms with Crippen molar-refractivity contribution in [3.8, 4) is 11.3 Å². The number of halogens is 3. The highest BCUT2D eigenvalue weighted by atomic mass is 32.1. The largest absolute Gasteiger partial charge is 0.411 e. The van der Waals surface area contributed by atoms with Gasteiger partial charge in [-0.25, -0.2) is 4.98 Å². The van der Waals surface area contributed by atoms with Gasteiger partial charge in [0, 0.05) is 17.0 Å². The number of benzene rings is 1. The van der Waals surface area contributed by atoms with Gasteiger partial charge >= 0.3 is 6.18 Å². The summed E-state index contributed by atoms with van der Waals surface area (Å²) in [7, 11) is 0. The lowest BCUT2D eigenvalue weighted by Gasteiger charge is -2.05. The maximum Gasteiger partial charge on any atom is 0.411 e. The Morgan fingerprint density at radius 3 is 2.50 bits per heavy atom. The van der Waals surface area contributed by atoms with E-state index in [1.54, 1.807) is 0 Å². The van der Waals surface area contributed by atoms with Gasteiger partial charge in [0.15, 0.2) is 0 Å². The fourth-order valence-corrected chi connectivity index (χ4v) is 2.58. The van der Waals surface area contributed by atoms with Crippen LogP contribution in [0, 0.1) is 0 Å². The van der Waals surface area contributed by atoms with Crippen LogP contribution in [-0.2, 0) is 17.9 Å². The molecule has 108 valence electrons. The molecular weight excluding hydrogens is 289 g/mol. The summed E-state index contributed by atoms with van der Waals surface area (Å²) in [5.41, 5.74) is 7.26. The first-order chi connectivity index (χ1) is 9.49. The molecule has 0 unspecified atom stereocenters. The Morgan fingerprint density at radius 1 is 1.20 bits per heavy atom. The van der Waals surface area contributed by atoms with Crippen LogP contribution in [0.3, 0.4) is 0 Å². The van der Waals surface area contributed by atoms with E-state index in [1.807, 2.05) is 30.3 Å². The molecule has 2 rings (SSSR count). The Hall–Kier alpha value is -1.44. The van der Waals surface area contributed by atoms with Crippen LogP contribution < -0.4 is 5.73 Å². The number of nitrogens with zero attached hydrogens (tertiary/aromatic N) is 1. The first kappa shape index (κ1) is 15.0. The number of alkyl halides is 3. The Morgan fingerprint density at radius 2 is 1.90 bits per heavy atom. The predicted octanol–water partition coefficient (Wildman–Crippen LogP) is 3.35. The minimum atomic E-state index is -4.32. The number of rotatable bonds is 5. The minimum Gasteiger partial charge on any atom is -0.365 e. The molecule has 3 nitrogen and oxygen atoms in total. The predicted molar refractivity (Wildman–Crippen MR) is 71.2 cm³/mol. The third-order valence-corrected chi connectivity index (χ3v) is 3.52. The zero-order chi connectivity index (χ0) is 14.6. The number of aromatic nitrogens is 1. The van der Waals surface area contributed by atoms with Gasteiger partial charge in [-0.1, -0.05) is 30.3 Å². The molecule has 0 aliphatic heterocycles. The number of nitrogens with two attached hydrogens (primary N) is 1. The molecule has 0 aliphatic carbocycles. The third-order valence-electron chi connectivity index (χ3n) is 2.47. The van der Waals surface area contributed by atoms with Crippen molar-refractivity contribution in [3.05, 3.63) is 40.2 Å². The molecule has 2 N–H and O–H groups in total. The van der Waals surface area contributed by atoms with Crippen LogP contribution in [0.15, 0.2) is 30.3 Å². The molecule has 0 fully saturated rings. The molecule has 0 radical (unpaired) electrons. The second-order valence-corrected chi connectivity index (χ2v) is 5.23. The lowest BCUT2D eigenvalue weighted by Crippen LogP contribution is -2.16. The molecule has 0 amide bonds. The SMILES string of the molecule is NCc1sc(COCC(F)(F)F)nc1-c1ccccc1. The first-order valence-corrected chi connectivity index (χ1v) is 6.70. The van der Waals surface area contributed by atoms with Crippen LogP contribution in [-0.4, -0.2) is 17.8 Å². The van der Waals surface area contributed by atoms with Crippen LogP contribution in [0.4, 0.5) is 13.2 Å². The maximum atomic E-state index is 12.0. The van der Waals surface area contributed by atoms with E-state index in [0.29, 0.717) is 17.2 Å². The van der Waals surface area contributed by atoms with Crippen molar-refractivity contribution < 1.29 is 17.9 Å². The van der Waals surface area contributed by atoms with E-state index < -0.39 is 12.8 Å². The number of ether oxygens (including phenoxy) is 1. The molecule has 1 aromatic heterocycles. The van der Waals surface area contributed by atoms with Gasteiger partial charge in [-0.05, 0) is 0 Å². The Labute approximate surface area is 118 Å². The van der Waals surface area contributed by atoms with Crippen molar-refractivity contribution in [2.45, 2.75) is 19.3 Å². The van der Waals surface area contributed by atoms with Gasteiger partial charge < -0.3 is 10.5 Å². The van der Waals surface area contributed by atoms with E-state index in [1.165, 1.54) is 11.3 Å². The molecule has 1 heterocycles. The second-order valence-electron chi connectivity index (χ2n) is 4.06. The summed E-state index contributed by atoms with van der Waals surface area (Å²) in [6.45, 7) is -1.14. The molecule has 7 heteroatoms. The van der Waals surface area contributed by atoms with Gasteiger partial charge in [-0.15, -0.1) is 11.3 Å². The second kappa shape index (κ2) is 6.34. The van der Waals surface area contributed by atoms with Crippen LogP contribution in [0.25, 0.3) is 11.3 Å². The molecule has 0 spiro atoms. The smallest absolute Gasteiger partial charge is 0.365 e. The third kappa shape index (κ3) is 4.03. The van der Waals surface area contributed by atoms with E-state index in [2.05, 4.69) is 9.72 Å². The van der Waals surface area contributed by atoms with Crippen LogP contribution in [0.1, 0.15) is 9.88 Å². The first-order valence-electron chi connectivity index (χ1n) is 5.88. The van der Waals surface area contributed by atoms with Crippen LogP contribution >= 0.6 is 11.3 Å². The maximum absolute atomic E-state index is 12.0. The zero-order valence-electron chi connectivity index (χ0n) is 10.5. The van der Waals surface area contributed by atoms with Crippen LogP contribution in [0.2, 0.25) is 0 Å². The van der Waals surface area contributed by atoms with E-state index in [-0.39, 0.29) is 6.61 Å². The molecule has 0 saturated carbocycles. The van der Waals surface area contributed by atoms with Gasteiger partial charge in [0.1, 0.15) is 11.6 Å². The highest BCUT2D eigenvalue weighted by Crippen LogP contribution is 2.28. The molecule has 20 heavy (non-hydrogen) atoms. The highest BCUT2D eigenvalue weighted by molar-refractivity contribution is 7.12. The molecule has 1 aromatic carbocycles. The van der Waals surface area contributed by atoms with Gasteiger partial charge in [0.25, 0.3) is 0 Å². The average molecular weight is 302 g/mol. The summed E-state index contributed by atoms with van der Waals surface area (Å²) in [5, 5.41) is 0.494. The van der Waals surface area contributed by atoms with Crippen molar-refractivity contribution in [1.82, 2.24) is 4.98 Å². The minimum absolute atomic E-state index is 0.163. The quantitative estimate of drug-likeness (QED) is 0.921. The Bertz CT molecular complexity index is 554. The molecule has 0 bridgehead atoms. The van der Waals surface area contributed by atoms with Crippen molar-refractivity contribution in [3.63, 3.8) is 0 Å². The summed E-state index contributed by atoms with van der Waals surface area (Å²) in [5.74, 6) is 0. The van der Waals surface area contributed by atoms with Crippen molar-refractivity contribution in [2.24, 2.45) is 5.73 Å². The van der Waals surface area contributed by atoms with E-state index >= 15 is 0 Å². The van der Waals surface area contributed by atoms with E-state index in [0.717, 1.165) is 10.4 Å². The Kier molecular flexibility index (Phi) is 4.74. The van der Waals surface area contributed by atoms with Crippen LogP contribution in [0.5, 0.6) is 0 Å². The number of hydrogen-bond donors (Lipinski definition) is 1. The van der Waals surface area contributed by atoms with Gasteiger partial charge in [0.05, 0.1) is 12.3 Å².